The maximum absolute atomic E-state index is 13.2. The summed E-state index contributed by atoms with van der Waals surface area (Å²) in [5, 5.41) is 4.95. The van der Waals surface area contributed by atoms with E-state index in [0.29, 0.717) is 6.61 Å². The van der Waals surface area contributed by atoms with Crippen molar-refractivity contribution in [1.29, 1.82) is 0 Å². The Bertz CT molecular complexity index is 1660. The normalized spacial score (nSPS) is 11.8. The molecule has 0 saturated carbocycles. The van der Waals surface area contributed by atoms with Gasteiger partial charge in [0.2, 0.25) is 5.91 Å². The van der Waals surface area contributed by atoms with E-state index in [1.165, 1.54) is 5.56 Å². The number of amides is 1. The van der Waals surface area contributed by atoms with Crippen molar-refractivity contribution < 1.29 is 13.9 Å². The van der Waals surface area contributed by atoms with Crippen LogP contribution in [-0.2, 0) is 4.79 Å². The van der Waals surface area contributed by atoms with Gasteiger partial charge < -0.3 is 14.5 Å². The Hall–Kier alpha value is -4.38. The Morgan fingerprint density at radius 2 is 1.78 bits per heavy atom. The zero-order chi connectivity index (χ0) is 26.1. The zero-order valence-corrected chi connectivity index (χ0v) is 21.8. The van der Waals surface area contributed by atoms with Gasteiger partial charge in [-0.3, -0.25) is 9.78 Å². The molecule has 0 atom stereocenters. The average molecular weight is 491 g/mol. The van der Waals surface area contributed by atoms with Crippen LogP contribution in [0, 0.1) is 20.8 Å². The molecule has 1 N–H and O–H groups in total. The van der Waals surface area contributed by atoms with E-state index in [4.69, 9.17) is 9.15 Å². The fraction of sp³-hybridized carbons (Fsp3) is 0.188. The SMILES string of the molecule is CCOc1c(/C(C)=C/C(=O)Nc2cc(C)nc3ccccc23)cc2c(-c3ccc(C)cc3)coc2c1C. The number of benzene rings is 3. The Kier molecular flexibility index (Phi) is 6.53. The van der Waals surface area contributed by atoms with Gasteiger partial charge in [0, 0.05) is 39.2 Å². The van der Waals surface area contributed by atoms with Crippen LogP contribution in [0.1, 0.15) is 36.2 Å². The number of carbonyl (C=O) groups is 1. The molecule has 0 aliphatic rings. The first-order chi connectivity index (χ1) is 17.9. The van der Waals surface area contributed by atoms with Crippen LogP contribution in [0.25, 0.3) is 38.6 Å². The first kappa shape index (κ1) is 24.3. The van der Waals surface area contributed by atoms with Crippen LogP contribution >= 0.6 is 0 Å². The van der Waals surface area contributed by atoms with Crippen molar-refractivity contribution in [2.75, 3.05) is 11.9 Å². The minimum atomic E-state index is -0.209. The lowest BCUT2D eigenvalue weighted by Crippen LogP contribution is -2.10. The van der Waals surface area contributed by atoms with E-state index >= 15 is 0 Å². The van der Waals surface area contributed by atoms with Crippen LogP contribution in [-0.4, -0.2) is 17.5 Å². The van der Waals surface area contributed by atoms with Crippen LogP contribution in [0.5, 0.6) is 5.75 Å². The predicted molar refractivity (Wildman–Crippen MR) is 151 cm³/mol. The van der Waals surface area contributed by atoms with Gasteiger partial charge in [0.05, 0.1) is 24.1 Å². The monoisotopic (exact) mass is 490 g/mol. The molecule has 186 valence electrons. The topological polar surface area (TPSA) is 64.4 Å². The second-order valence-electron chi connectivity index (χ2n) is 9.35. The van der Waals surface area contributed by atoms with Crippen molar-refractivity contribution in [3.63, 3.8) is 0 Å². The van der Waals surface area contributed by atoms with E-state index in [1.54, 1.807) is 12.3 Å². The number of rotatable bonds is 6. The summed E-state index contributed by atoms with van der Waals surface area (Å²) in [6.07, 6.45) is 3.42. The smallest absolute Gasteiger partial charge is 0.248 e. The standard InChI is InChI=1S/C32H30N2O3/c1-6-36-31-22(5)32-26(27(18-37-32)23-13-11-19(2)12-14-23)17-25(31)20(3)15-30(35)34-29-16-21(4)33-28-10-8-7-9-24(28)29/h7-18H,6H2,1-5H3,(H,33,34,35)/b20-15+. The number of fused-ring (bicyclic) bond motifs is 2. The molecule has 2 heterocycles. The van der Waals surface area contributed by atoms with Crippen LogP contribution in [0.15, 0.2) is 77.4 Å². The highest BCUT2D eigenvalue weighted by molar-refractivity contribution is 6.09. The molecule has 0 radical (unpaired) electrons. The number of nitrogens with one attached hydrogen (secondary N) is 1. The minimum Gasteiger partial charge on any atom is -0.493 e. The van der Waals surface area contributed by atoms with Crippen LogP contribution in [0.2, 0.25) is 0 Å². The second kappa shape index (κ2) is 9.94. The molecule has 0 aliphatic heterocycles. The number of anilines is 1. The number of furan rings is 1. The van der Waals surface area contributed by atoms with Crippen LogP contribution in [0.3, 0.4) is 0 Å². The number of aryl methyl sites for hydroxylation is 3. The molecular weight excluding hydrogens is 460 g/mol. The summed E-state index contributed by atoms with van der Waals surface area (Å²) in [5.41, 5.74) is 9.11. The largest absolute Gasteiger partial charge is 0.493 e. The molecule has 0 bridgehead atoms. The van der Waals surface area contributed by atoms with Gasteiger partial charge in [-0.25, -0.2) is 0 Å². The van der Waals surface area contributed by atoms with Crippen molar-refractivity contribution in [2.24, 2.45) is 0 Å². The van der Waals surface area contributed by atoms with Gasteiger partial charge in [-0.2, -0.15) is 0 Å². The lowest BCUT2D eigenvalue weighted by atomic mass is 9.96. The fourth-order valence-corrected chi connectivity index (χ4v) is 4.75. The Morgan fingerprint density at radius 3 is 2.54 bits per heavy atom. The quantitative estimate of drug-likeness (QED) is 0.245. The number of nitrogens with zero attached hydrogens (tertiary/aromatic N) is 1. The van der Waals surface area contributed by atoms with Crippen molar-refractivity contribution in [3.8, 4) is 16.9 Å². The van der Waals surface area contributed by atoms with Crippen LogP contribution in [0.4, 0.5) is 5.69 Å². The molecule has 0 unspecified atom stereocenters. The average Bonchev–Trinajstić information content (AvgIpc) is 3.30. The van der Waals surface area contributed by atoms with Crippen LogP contribution < -0.4 is 10.1 Å². The van der Waals surface area contributed by atoms with E-state index in [-0.39, 0.29) is 5.91 Å². The minimum absolute atomic E-state index is 0.209. The van der Waals surface area contributed by atoms with Gasteiger partial charge >= 0.3 is 0 Å². The van der Waals surface area contributed by atoms with Crippen molar-refractivity contribution in [2.45, 2.75) is 34.6 Å². The summed E-state index contributed by atoms with van der Waals surface area (Å²) in [6, 6.07) is 20.1. The molecule has 37 heavy (non-hydrogen) atoms. The lowest BCUT2D eigenvalue weighted by molar-refractivity contribution is -0.111. The van der Waals surface area contributed by atoms with Crippen molar-refractivity contribution in [3.05, 3.63) is 95.4 Å². The molecular formula is C32H30N2O3. The summed E-state index contributed by atoms with van der Waals surface area (Å²) in [5.74, 6) is 0.519. The number of carbonyl (C=O) groups excluding carboxylic acids is 1. The fourth-order valence-electron chi connectivity index (χ4n) is 4.75. The summed E-state index contributed by atoms with van der Waals surface area (Å²) in [7, 11) is 0. The third-order valence-electron chi connectivity index (χ3n) is 6.57. The van der Waals surface area contributed by atoms with E-state index in [0.717, 1.165) is 66.8 Å². The highest BCUT2D eigenvalue weighted by Gasteiger charge is 2.19. The summed E-state index contributed by atoms with van der Waals surface area (Å²) >= 11 is 0. The van der Waals surface area contributed by atoms with E-state index in [1.807, 2.05) is 58.0 Å². The van der Waals surface area contributed by atoms with Crippen molar-refractivity contribution >= 4 is 39.0 Å². The molecule has 0 fully saturated rings. The summed E-state index contributed by atoms with van der Waals surface area (Å²) < 4.78 is 12.1. The molecule has 5 aromatic rings. The van der Waals surface area contributed by atoms with E-state index in [2.05, 4.69) is 47.6 Å². The summed E-state index contributed by atoms with van der Waals surface area (Å²) in [4.78, 5) is 17.7. The zero-order valence-electron chi connectivity index (χ0n) is 21.8. The van der Waals surface area contributed by atoms with Gasteiger partial charge in [-0.05, 0) is 64.0 Å². The number of aromatic nitrogens is 1. The molecule has 5 heteroatoms. The molecule has 0 saturated heterocycles. The molecule has 5 nitrogen and oxygen atoms in total. The Labute approximate surface area is 216 Å². The second-order valence-corrected chi connectivity index (χ2v) is 9.35. The van der Waals surface area contributed by atoms with Gasteiger partial charge in [-0.1, -0.05) is 48.0 Å². The first-order valence-electron chi connectivity index (χ1n) is 12.5. The van der Waals surface area contributed by atoms with E-state index in [9.17, 15) is 4.79 Å². The number of pyridine rings is 1. The highest BCUT2D eigenvalue weighted by Crippen LogP contribution is 2.41. The molecule has 0 aliphatic carbocycles. The Balaban J connectivity index is 1.57. The number of allylic oxidation sites excluding steroid dienone is 1. The third-order valence-corrected chi connectivity index (χ3v) is 6.57. The number of hydrogen-bond acceptors (Lipinski definition) is 4. The molecule has 3 aromatic carbocycles. The van der Waals surface area contributed by atoms with Gasteiger partial charge in [0.1, 0.15) is 11.3 Å². The highest BCUT2D eigenvalue weighted by atomic mass is 16.5. The summed E-state index contributed by atoms with van der Waals surface area (Å²) in [6.45, 7) is 10.4. The van der Waals surface area contributed by atoms with Crippen molar-refractivity contribution in [1.82, 2.24) is 4.98 Å². The molecule has 1 amide bonds. The number of hydrogen-bond donors (Lipinski definition) is 1. The Morgan fingerprint density at radius 1 is 1.03 bits per heavy atom. The molecule has 5 rings (SSSR count). The number of ether oxygens (including phenoxy) is 1. The first-order valence-corrected chi connectivity index (χ1v) is 12.5. The maximum atomic E-state index is 13.2. The van der Waals surface area contributed by atoms with Gasteiger partial charge in [0.15, 0.2) is 0 Å². The van der Waals surface area contributed by atoms with E-state index < -0.39 is 0 Å². The third kappa shape index (κ3) is 4.73. The predicted octanol–water partition coefficient (Wildman–Crippen LogP) is 8.01. The van der Waals surface area contributed by atoms with Gasteiger partial charge in [0.25, 0.3) is 0 Å². The molecule has 2 aromatic heterocycles. The lowest BCUT2D eigenvalue weighted by Gasteiger charge is -2.15. The number of para-hydroxylation sites is 1. The van der Waals surface area contributed by atoms with Gasteiger partial charge in [-0.15, -0.1) is 0 Å². The molecule has 0 spiro atoms. The maximum Gasteiger partial charge on any atom is 0.248 e.